The van der Waals surface area contributed by atoms with Crippen LogP contribution in [-0.2, 0) is 0 Å². The number of fused-ring (bicyclic) bond motifs is 8. The van der Waals surface area contributed by atoms with E-state index in [1.54, 1.807) is 11.3 Å². The quantitative estimate of drug-likeness (QED) is 0.295. The van der Waals surface area contributed by atoms with Gasteiger partial charge in [-0.15, -0.1) is 11.3 Å². The number of hydrogen-bond acceptors (Lipinski definition) is 3. The van der Waals surface area contributed by atoms with E-state index in [1.807, 2.05) is 17.6 Å². The van der Waals surface area contributed by atoms with Crippen LogP contribution in [0.5, 0.6) is 0 Å². The largest absolute Gasteiger partial charge is 0.456 e. The highest BCUT2D eigenvalue weighted by Gasteiger charge is 2.18. The van der Waals surface area contributed by atoms with Crippen molar-refractivity contribution in [3.05, 3.63) is 84.4 Å². The van der Waals surface area contributed by atoms with E-state index in [2.05, 4.69) is 76.3 Å². The van der Waals surface area contributed by atoms with E-state index in [1.165, 1.54) is 31.9 Å². The molecule has 0 N–H and O–H groups in total. The number of rotatable bonds is 1. The lowest BCUT2D eigenvalue weighted by molar-refractivity contribution is 0.669. The van der Waals surface area contributed by atoms with Crippen molar-refractivity contribution in [2.24, 2.45) is 0 Å². The van der Waals surface area contributed by atoms with Gasteiger partial charge in [0.05, 0.1) is 26.8 Å². The normalized spacial score (nSPS) is 12.1. The second-order valence-corrected chi connectivity index (χ2v) is 8.17. The minimum atomic E-state index is 0.929. The first kappa shape index (κ1) is 15.3. The smallest absolute Gasteiger partial charge is 0.136 e. The first-order valence-corrected chi connectivity index (χ1v) is 10.4. The predicted molar refractivity (Wildman–Crippen MR) is 121 cm³/mol. The number of aromatic nitrogens is 2. The molecule has 4 heteroatoms. The summed E-state index contributed by atoms with van der Waals surface area (Å²) >= 11 is 1.68. The Balaban J connectivity index is 1.72. The van der Waals surface area contributed by atoms with Gasteiger partial charge in [0.15, 0.2) is 0 Å². The van der Waals surface area contributed by atoms with Crippen molar-refractivity contribution < 1.29 is 4.42 Å². The topological polar surface area (TPSA) is 31.0 Å². The molecule has 136 valence electrons. The summed E-state index contributed by atoms with van der Waals surface area (Å²) in [6.07, 6.45) is 0. The Morgan fingerprint density at radius 3 is 2.55 bits per heavy atom. The molecule has 0 saturated heterocycles. The maximum atomic E-state index is 6.16. The molecule has 29 heavy (non-hydrogen) atoms. The molecule has 3 nitrogen and oxygen atoms in total. The third-order valence-corrected chi connectivity index (χ3v) is 6.54. The summed E-state index contributed by atoms with van der Waals surface area (Å²) in [4.78, 5) is 4.43. The summed E-state index contributed by atoms with van der Waals surface area (Å²) in [5.74, 6) is 0. The fourth-order valence-corrected chi connectivity index (χ4v) is 5.25. The summed E-state index contributed by atoms with van der Waals surface area (Å²) in [5, 5.41) is 4.83. The Hall–Kier alpha value is -3.63. The van der Waals surface area contributed by atoms with E-state index in [-0.39, 0.29) is 0 Å². The maximum Gasteiger partial charge on any atom is 0.136 e. The third-order valence-electron chi connectivity index (χ3n) is 5.75. The lowest BCUT2D eigenvalue weighted by Crippen LogP contribution is -1.93. The molecule has 0 atom stereocenters. The molecular weight excluding hydrogens is 376 g/mol. The van der Waals surface area contributed by atoms with Crippen LogP contribution >= 0.6 is 11.3 Å². The lowest BCUT2D eigenvalue weighted by atomic mass is 10.1. The van der Waals surface area contributed by atoms with E-state index >= 15 is 0 Å². The molecule has 0 aliphatic carbocycles. The second-order valence-electron chi connectivity index (χ2n) is 7.29. The fourth-order valence-electron chi connectivity index (χ4n) is 4.54. The average Bonchev–Trinajstić information content (AvgIpc) is 3.45. The second kappa shape index (κ2) is 5.46. The molecule has 0 amide bonds. The molecule has 3 aromatic heterocycles. The minimum Gasteiger partial charge on any atom is -0.456 e. The van der Waals surface area contributed by atoms with Gasteiger partial charge in [0, 0.05) is 27.2 Å². The molecule has 0 aliphatic heterocycles. The summed E-state index contributed by atoms with van der Waals surface area (Å²) < 4.78 is 9.71. The Kier molecular flexibility index (Phi) is 2.88. The van der Waals surface area contributed by atoms with Gasteiger partial charge >= 0.3 is 0 Å². The maximum absolute atomic E-state index is 6.16. The molecule has 3 heterocycles. The van der Waals surface area contributed by atoms with Crippen molar-refractivity contribution in [1.29, 1.82) is 0 Å². The standard InChI is InChI=1S/C25H14N2OS/c1-3-7-19-16(5-1)24-20(27(19)15-9-10-18-23(13-15)29-14-26-18)11-12-22-25(24)17-6-2-4-8-21(17)28-22/h1-14H. The van der Waals surface area contributed by atoms with Crippen molar-refractivity contribution >= 4 is 65.3 Å². The molecule has 0 spiro atoms. The summed E-state index contributed by atoms with van der Waals surface area (Å²) in [6.45, 7) is 0. The highest BCUT2D eigenvalue weighted by atomic mass is 32.1. The fraction of sp³-hybridized carbons (Fsp3) is 0. The van der Waals surface area contributed by atoms with Crippen molar-refractivity contribution in [2.45, 2.75) is 0 Å². The van der Waals surface area contributed by atoms with Crippen LogP contribution in [0.3, 0.4) is 0 Å². The number of nitrogens with zero attached hydrogens (tertiary/aromatic N) is 2. The van der Waals surface area contributed by atoms with Gasteiger partial charge in [-0.1, -0.05) is 36.4 Å². The van der Waals surface area contributed by atoms with E-state index in [9.17, 15) is 0 Å². The highest BCUT2D eigenvalue weighted by Crippen LogP contribution is 2.41. The summed E-state index contributed by atoms with van der Waals surface area (Å²) in [5.41, 5.74) is 8.35. The number of para-hydroxylation sites is 2. The van der Waals surface area contributed by atoms with E-state index in [0.29, 0.717) is 0 Å². The van der Waals surface area contributed by atoms with Crippen LogP contribution in [0.4, 0.5) is 0 Å². The Bertz CT molecular complexity index is 1720. The number of hydrogen-bond donors (Lipinski definition) is 0. The van der Waals surface area contributed by atoms with E-state index < -0.39 is 0 Å². The van der Waals surface area contributed by atoms with E-state index in [0.717, 1.165) is 27.8 Å². The Morgan fingerprint density at radius 2 is 1.59 bits per heavy atom. The summed E-state index contributed by atoms with van der Waals surface area (Å²) in [7, 11) is 0. The number of benzene rings is 4. The van der Waals surface area contributed by atoms with Gasteiger partial charge in [-0.25, -0.2) is 4.98 Å². The molecule has 4 aromatic carbocycles. The Morgan fingerprint density at radius 1 is 0.724 bits per heavy atom. The van der Waals surface area contributed by atoms with Crippen LogP contribution in [-0.4, -0.2) is 9.55 Å². The summed E-state index contributed by atoms with van der Waals surface area (Å²) in [6, 6.07) is 27.7. The molecular formula is C25H14N2OS. The third kappa shape index (κ3) is 1.99. The zero-order valence-electron chi connectivity index (χ0n) is 15.3. The number of furan rings is 1. The molecule has 7 aromatic rings. The van der Waals surface area contributed by atoms with Gasteiger partial charge in [-0.3, -0.25) is 0 Å². The van der Waals surface area contributed by atoms with Crippen molar-refractivity contribution in [1.82, 2.24) is 9.55 Å². The minimum absolute atomic E-state index is 0.929. The van der Waals surface area contributed by atoms with Crippen molar-refractivity contribution in [3.63, 3.8) is 0 Å². The zero-order valence-corrected chi connectivity index (χ0v) is 16.1. The zero-order chi connectivity index (χ0) is 18.9. The molecule has 7 rings (SSSR count). The van der Waals surface area contributed by atoms with E-state index in [4.69, 9.17) is 4.42 Å². The van der Waals surface area contributed by atoms with Crippen LogP contribution in [0.15, 0.2) is 88.8 Å². The first-order valence-electron chi connectivity index (χ1n) is 9.55. The molecule has 0 fully saturated rings. The Labute approximate surface area is 169 Å². The van der Waals surface area contributed by atoms with Crippen LogP contribution in [0.25, 0.3) is 59.6 Å². The van der Waals surface area contributed by atoms with Crippen LogP contribution in [0.1, 0.15) is 0 Å². The molecule has 0 radical (unpaired) electrons. The lowest BCUT2D eigenvalue weighted by Gasteiger charge is -2.07. The van der Waals surface area contributed by atoms with Crippen LogP contribution < -0.4 is 0 Å². The van der Waals surface area contributed by atoms with Gasteiger partial charge in [0.25, 0.3) is 0 Å². The van der Waals surface area contributed by atoms with Crippen molar-refractivity contribution in [3.8, 4) is 5.69 Å². The van der Waals surface area contributed by atoms with Crippen LogP contribution in [0.2, 0.25) is 0 Å². The predicted octanol–water partition coefficient (Wildman–Crippen LogP) is 7.29. The molecule has 0 bridgehead atoms. The van der Waals surface area contributed by atoms with Gasteiger partial charge in [-0.2, -0.15) is 0 Å². The van der Waals surface area contributed by atoms with Crippen LogP contribution in [0, 0.1) is 0 Å². The molecule has 0 unspecified atom stereocenters. The van der Waals surface area contributed by atoms with Gasteiger partial charge in [0.2, 0.25) is 0 Å². The monoisotopic (exact) mass is 390 g/mol. The van der Waals surface area contributed by atoms with Gasteiger partial charge < -0.3 is 8.98 Å². The first-order chi connectivity index (χ1) is 14.4. The SMILES string of the molecule is c1ccc2c(c1)oc1ccc3c(c4ccccc4n3-c3ccc4ncsc4c3)c12. The van der Waals surface area contributed by atoms with Gasteiger partial charge in [-0.05, 0) is 42.5 Å². The number of thiazole rings is 1. The highest BCUT2D eigenvalue weighted by molar-refractivity contribution is 7.16. The van der Waals surface area contributed by atoms with Gasteiger partial charge in [0.1, 0.15) is 11.2 Å². The molecule has 0 saturated carbocycles. The average molecular weight is 390 g/mol. The molecule has 0 aliphatic rings. The van der Waals surface area contributed by atoms with Crippen molar-refractivity contribution in [2.75, 3.05) is 0 Å².